The van der Waals surface area contributed by atoms with Crippen molar-refractivity contribution in [3.05, 3.63) is 35.4 Å². The van der Waals surface area contributed by atoms with Crippen molar-refractivity contribution < 1.29 is 30.6 Å². The van der Waals surface area contributed by atoms with Crippen molar-refractivity contribution in [2.45, 2.75) is 12.3 Å². The second-order valence-corrected chi connectivity index (χ2v) is 4.75. The van der Waals surface area contributed by atoms with Gasteiger partial charge >= 0.3 is 16.4 Å². The predicted molar refractivity (Wildman–Crippen MR) is 51.3 cm³/mol. The van der Waals surface area contributed by atoms with Gasteiger partial charge in [-0.05, 0) is 17.7 Å². The number of alkyl halides is 3. The molecular weight excluding hydrogens is 264 g/mol. The first-order valence-corrected chi connectivity index (χ1v) is 5.92. The molecule has 0 amide bonds. The molecule has 0 bridgehead atoms. The van der Waals surface area contributed by atoms with E-state index < -0.39 is 33.8 Å². The Hall–Kier alpha value is -1.15. The number of benzene rings is 1. The highest BCUT2D eigenvalue weighted by atomic mass is 32.3. The van der Waals surface area contributed by atoms with Crippen LogP contribution in [0.15, 0.2) is 24.3 Å². The van der Waals surface area contributed by atoms with E-state index in [0.717, 1.165) is 12.1 Å². The molecule has 0 saturated carbocycles. The van der Waals surface area contributed by atoms with Gasteiger partial charge in [-0.25, -0.2) is 0 Å². The Labute approximate surface area is 94.9 Å². The van der Waals surface area contributed by atoms with Gasteiger partial charge in [-0.1, -0.05) is 12.1 Å². The van der Waals surface area contributed by atoms with E-state index in [-0.39, 0.29) is 5.56 Å². The summed E-state index contributed by atoms with van der Waals surface area (Å²) >= 11 is 0. The summed E-state index contributed by atoms with van der Waals surface area (Å²) in [6.07, 6.45) is -6.21. The van der Waals surface area contributed by atoms with E-state index in [1.165, 1.54) is 0 Å². The average Bonchev–Trinajstić information content (AvgIpc) is 2.14. The second kappa shape index (κ2) is 4.61. The van der Waals surface area contributed by atoms with Crippen LogP contribution in [0.4, 0.5) is 17.1 Å². The molecule has 1 aromatic carbocycles. The molecule has 0 heterocycles. The van der Waals surface area contributed by atoms with Gasteiger partial charge in [-0.3, -0.25) is 0 Å². The zero-order valence-corrected chi connectivity index (χ0v) is 9.09. The Balaban J connectivity index is 2.88. The maximum Gasteiger partial charge on any atom is 0.416 e. The predicted octanol–water partition coefficient (Wildman–Crippen LogP) is 2.04. The van der Waals surface area contributed by atoms with Crippen LogP contribution in [-0.4, -0.2) is 19.3 Å². The molecule has 1 N–H and O–H groups in total. The normalized spacial score (nSPS) is 14.6. The van der Waals surface area contributed by atoms with E-state index in [1.807, 2.05) is 0 Å². The summed E-state index contributed by atoms with van der Waals surface area (Å²) in [7, 11) is -4.88. The highest BCUT2D eigenvalue weighted by Crippen LogP contribution is 2.30. The van der Waals surface area contributed by atoms with Gasteiger partial charge in [0.1, 0.15) is 5.75 Å². The van der Waals surface area contributed by atoms with E-state index in [9.17, 15) is 30.6 Å². The van der Waals surface area contributed by atoms with Crippen LogP contribution in [0.25, 0.3) is 0 Å². The van der Waals surface area contributed by atoms with E-state index >= 15 is 0 Å². The number of rotatable bonds is 3. The highest BCUT2D eigenvalue weighted by molar-refractivity contribution is 7.86. The summed E-state index contributed by atoms with van der Waals surface area (Å²) in [5, 5.41) is 9.25. The molecule has 8 heteroatoms. The van der Waals surface area contributed by atoms with Crippen LogP contribution in [-0.2, 0) is 16.4 Å². The molecule has 0 aromatic heterocycles. The highest BCUT2D eigenvalue weighted by Gasteiger charge is 2.30. The van der Waals surface area contributed by atoms with Crippen LogP contribution < -0.4 is 0 Å². The van der Waals surface area contributed by atoms with Crippen LogP contribution in [0.1, 0.15) is 17.2 Å². The maximum absolute atomic E-state index is 12.2. The van der Waals surface area contributed by atoms with Crippen LogP contribution in [0.3, 0.4) is 0 Å². The zero-order chi connectivity index (χ0) is 13.3. The molecule has 0 fully saturated rings. The lowest BCUT2D eigenvalue weighted by molar-refractivity contribution is -0.137. The fourth-order valence-corrected chi connectivity index (χ4v) is 1.75. The van der Waals surface area contributed by atoms with Gasteiger partial charge in [0, 0.05) is 0 Å². The fraction of sp³-hybridized carbons (Fsp3) is 0.333. The summed E-state index contributed by atoms with van der Waals surface area (Å²) in [6, 6.07) is 3.17. The first-order chi connectivity index (χ1) is 7.59. The summed E-state index contributed by atoms with van der Waals surface area (Å²) in [6.45, 7) is 0. The maximum atomic E-state index is 12.2. The van der Waals surface area contributed by atoms with E-state index in [4.69, 9.17) is 0 Å². The Kier molecular flexibility index (Phi) is 3.78. The van der Waals surface area contributed by atoms with Gasteiger partial charge < -0.3 is 5.11 Å². The summed E-state index contributed by atoms with van der Waals surface area (Å²) in [4.78, 5) is 0. The molecule has 1 aromatic rings. The van der Waals surface area contributed by atoms with Crippen molar-refractivity contribution in [1.29, 1.82) is 0 Å². The lowest BCUT2D eigenvalue weighted by atomic mass is 10.1. The van der Waals surface area contributed by atoms with Crippen molar-refractivity contribution in [2.75, 3.05) is 5.75 Å². The Morgan fingerprint density at radius 1 is 1.18 bits per heavy atom. The molecule has 0 spiro atoms. The molecule has 3 nitrogen and oxygen atoms in total. The minimum atomic E-state index is -4.88. The molecule has 96 valence electrons. The van der Waals surface area contributed by atoms with Crippen molar-refractivity contribution in [3.8, 4) is 0 Å². The topological polar surface area (TPSA) is 54.4 Å². The number of halogens is 4. The van der Waals surface area contributed by atoms with E-state index in [1.54, 1.807) is 0 Å². The summed E-state index contributed by atoms with van der Waals surface area (Å²) in [5.41, 5.74) is -1.03. The minimum Gasteiger partial charge on any atom is -0.387 e. The Morgan fingerprint density at radius 2 is 1.65 bits per heavy atom. The fourth-order valence-electron chi connectivity index (χ4n) is 1.18. The summed E-state index contributed by atoms with van der Waals surface area (Å²) < 4.78 is 69.2. The molecule has 0 aliphatic heterocycles. The third-order valence-corrected chi connectivity index (χ3v) is 2.69. The third kappa shape index (κ3) is 4.31. The average molecular weight is 272 g/mol. The SMILES string of the molecule is O=S(=O)(F)CC(O)c1ccc(C(F)(F)F)cc1. The van der Waals surface area contributed by atoms with Crippen molar-refractivity contribution >= 4 is 10.2 Å². The van der Waals surface area contributed by atoms with Gasteiger partial charge in [0.05, 0.1) is 11.7 Å². The number of hydrogen-bond acceptors (Lipinski definition) is 3. The Bertz CT molecular complexity index is 478. The third-order valence-electron chi connectivity index (χ3n) is 1.98. The van der Waals surface area contributed by atoms with Gasteiger partial charge in [0.25, 0.3) is 0 Å². The zero-order valence-electron chi connectivity index (χ0n) is 8.28. The van der Waals surface area contributed by atoms with Gasteiger partial charge in [0.15, 0.2) is 0 Å². The van der Waals surface area contributed by atoms with E-state index in [0.29, 0.717) is 12.1 Å². The lowest BCUT2D eigenvalue weighted by Crippen LogP contribution is -2.11. The smallest absolute Gasteiger partial charge is 0.387 e. The van der Waals surface area contributed by atoms with Crippen LogP contribution in [0.5, 0.6) is 0 Å². The lowest BCUT2D eigenvalue weighted by Gasteiger charge is -2.10. The van der Waals surface area contributed by atoms with Gasteiger partial charge in [-0.15, -0.1) is 3.89 Å². The molecular formula is C9H8F4O3S. The van der Waals surface area contributed by atoms with Gasteiger partial charge in [-0.2, -0.15) is 21.6 Å². The first kappa shape index (κ1) is 13.9. The van der Waals surface area contributed by atoms with Crippen molar-refractivity contribution in [3.63, 3.8) is 0 Å². The van der Waals surface area contributed by atoms with Crippen LogP contribution in [0, 0.1) is 0 Å². The molecule has 1 rings (SSSR count). The van der Waals surface area contributed by atoms with Gasteiger partial charge in [0.2, 0.25) is 0 Å². The molecule has 0 saturated heterocycles. The van der Waals surface area contributed by atoms with E-state index in [2.05, 4.69) is 0 Å². The standard InChI is InChI=1S/C9H8F4O3S/c10-9(11,12)7-3-1-6(2-4-7)8(14)5-17(13,15)16/h1-4,8,14H,5H2. The monoisotopic (exact) mass is 272 g/mol. The second-order valence-electron chi connectivity index (χ2n) is 3.34. The molecule has 0 aliphatic carbocycles. The van der Waals surface area contributed by atoms with Crippen LogP contribution in [0.2, 0.25) is 0 Å². The number of hydrogen-bond donors (Lipinski definition) is 1. The molecule has 0 radical (unpaired) electrons. The number of aliphatic hydroxyl groups is 1. The minimum absolute atomic E-state index is 0.0979. The molecule has 1 unspecified atom stereocenters. The quantitative estimate of drug-likeness (QED) is 0.676. The molecule has 17 heavy (non-hydrogen) atoms. The first-order valence-electron chi connectivity index (χ1n) is 4.37. The Morgan fingerprint density at radius 3 is 2.00 bits per heavy atom. The largest absolute Gasteiger partial charge is 0.416 e. The summed E-state index contributed by atoms with van der Waals surface area (Å²) in [5.74, 6) is -1.18. The van der Waals surface area contributed by atoms with Crippen molar-refractivity contribution in [2.24, 2.45) is 0 Å². The molecule has 0 aliphatic rings. The van der Waals surface area contributed by atoms with Crippen molar-refractivity contribution in [1.82, 2.24) is 0 Å². The van der Waals surface area contributed by atoms with Crippen LogP contribution >= 0.6 is 0 Å². The molecule has 1 atom stereocenters. The number of aliphatic hydroxyl groups excluding tert-OH is 1.